The van der Waals surface area contributed by atoms with Gasteiger partial charge >= 0.3 is 0 Å². The zero-order valence-corrected chi connectivity index (χ0v) is 28.8. The predicted molar refractivity (Wildman–Crippen MR) is 190 cm³/mol. The minimum Gasteiger partial charge on any atom is -0.393 e. The number of aromatic nitrogens is 3. The molecular weight excluding hydrogens is 634 g/mol. The van der Waals surface area contributed by atoms with Crippen molar-refractivity contribution in [3.8, 4) is 11.1 Å². The molecule has 0 radical (unpaired) electrons. The molecule has 7 rings (SSSR count). The summed E-state index contributed by atoms with van der Waals surface area (Å²) < 4.78 is 2.15. The average Bonchev–Trinajstić information content (AvgIpc) is 3.63. The number of likely N-dealkylation sites (tertiary alicyclic amines) is 2. The Hall–Kier alpha value is -5.37. The summed E-state index contributed by atoms with van der Waals surface area (Å²) in [5.74, 6) is -0.533. The van der Waals surface area contributed by atoms with E-state index in [9.17, 15) is 14.4 Å². The van der Waals surface area contributed by atoms with Gasteiger partial charge in [0.1, 0.15) is 17.2 Å². The summed E-state index contributed by atoms with van der Waals surface area (Å²) in [7, 11) is 3.54. The average molecular weight is 680 g/mol. The molecule has 5 heterocycles. The highest BCUT2D eigenvalue weighted by molar-refractivity contribution is 5.96. The largest absolute Gasteiger partial charge is 0.393 e. The van der Waals surface area contributed by atoms with Crippen LogP contribution in [0.15, 0.2) is 65.9 Å². The fourth-order valence-corrected chi connectivity index (χ4v) is 7.09. The summed E-state index contributed by atoms with van der Waals surface area (Å²) in [5.41, 5.74) is 18.9. The molecule has 1 saturated carbocycles. The number of nitrogens with one attached hydrogen (secondary N) is 3. The monoisotopic (exact) mass is 679 g/mol. The van der Waals surface area contributed by atoms with Crippen LogP contribution >= 0.6 is 0 Å². The maximum Gasteiger partial charge on any atom is 0.272 e. The van der Waals surface area contributed by atoms with Crippen molar-refractivity contribution in [3.05, 3.63) is 83.0 Å². The fraction of sp³-hybridized carbons (Fsp3) is 0.417. The first-order valence-electron chi connectivity index (χ1n) is 17.3. The van der Waals surface area contributed by atoms with E-state index >= 15 is 0 Å². The Bertz CT molecular complexity index is 1880. The first-order valence-corrected chi connectivity index (χ1v) is 17.3. The van der Waals surface area contributed by atoms with Crippen molar-refractivity contribution in [1.82, 2.24) is 35.2 Å². The van der Waals surface area contributed by atoms with Gasteiger partial charge in [-0.3, -0.25) is 24.0 Å². The number of carbonyl (C=O) groups is 3. The lowest BCUT2D eigenvalue weighted by atomic mass is 9.93. The molecule has 3 amide bonds. The summed E-state index contributed by atoms with van der Waals surface area (Å²) >= 11 is 0. The SMILES string of the molecule is CNC(=O)/C(N)=C(/C=C(\N)NC(=O)C1CC1)Nc1cccc2c1N(C)C(C)c1c-2cnn1C1CN(Cc2cccc(C(=O)N3CCCC3)n2)C1. The van der Waals surface area contributed by atoms with Crippen molar-refractivity contribution >= 4 is 29.1 Å². The third-order valence-electron chi connectivity index (χ3n) is 10.1. The molecule has 262 valence electrons. The number of carbonyl (C=O) groups excluding carboxylic acids is 3. The molecule has 3 aliphatic heterocycles. The number of nitrogens with two attached hydrogens (primary N) is 2. The number of nitrogens with zero attached hydrogens (tertiary/aromatic N) is 6. The van der Waals surface area contributed by atoms with Gasteiger partial charge < -0.3 is 37.2 Å². The molecule has 1 aliphatic carbocycles. The molecular formula is C36H45N11O3. The zero-order chi connectivity index (χ0) is 35.1. The molecule has 1 atom stereocenters. The fourth-order valence-electron chi connectivity index (χ4n) is 7.09. The van der Waals surface area contributed by atoms with Gasteiger partial charge in [0, 0.05) is 69.9 Å². The van der Waals surface area contributed by atoms with Crippen molar-refractivity contribution in [2.75, 3.05) is 50.5 Å². The minimum absolute atomic E-state index is 0.0193. The number of amides is 3. The van der Waals surface area contributed by atoms with Gasteiger partial charge in [0.25, 0.3) is 11.8 Å². The van der Waals surface area contributed by atoms with Crippen molar-refractivity contribution in [2.24, 2.45) is 17.4 Å². The standard InChI is InChI=1S/C36H45N11O3/c1-21-32-26(17-40-47(32)24-19-45(20-24)18-23-8-6-11-28(41-23)36(50)46-14-4-5-15-46)25-9-7-10-27(33(25)44(21)3)42-29(31(38)35(49)39-2)16-30(37)43-34(48)22-12-13-22/h6-11,16-17,21-22,24,42H,4-5,12-15,18-20,37-38H2,1-3H3,(H,39,49)(H,43,48)/b30-16+,31-29+. The number of anilines is 2. The van der Waals surface area contributed by atoms with Crippen molar-refractivity contribution in [3.63, 3.8) is 0 Å². The van der Waals surface area contributed by atoms with Crippen LogP contribution in [-0.2, 0) is 16.1 Å². The second kappa shape index (κ2) is 13.5. The molecule has 50 heavy (non-hydrogen) atoms. The van der Waals surface area contributed by atoms with Crippen LogP contribution in [0.25, 0.3) is 11.1 Å². The van der Waals surface area contributed by atoms with Crippen LogP contribution < -0.4 is 32.3 Å². The molecule has 4 aliphatic rings. The molecule has 3 fully saturated rings. The maximum atomic E-state index is 12.9. The van der Waals surface area contributed by atoms with E-state index in [0.717, 1.165) is 85.8 Å². The van der Waals surface area contributed by atoms with E-state index in [1.165, 1.54) is 13.1 Å². The molecule has 1 unspecified atom stereocenters. The number of hydrogen-bond acceptors (Lipinski definition) is 10. The maximum absolute atomic E-state index is 12.9. The van der Waals surface area contributed by atoms with E-state index in [2.05, 4.69) is 43.4 Å². The number of pyridine rings is 1. The molecule has 7 N–H and O–H groups in total. The normalized spacial score (nSPS) is 19.7. The van der Waals surface area contributed by atoms with Crippen LogP contribution in [0.1, 0.15) is 66.6 Å². The Morgan fingerprint density at radius 1 is 1.02 bits per heavy atom. The van der Waals surface area contributed by atoms with Gasteiger partial charge in [-0.2, -0.15) is 5.10 Å². The number of hydrogen-bond donors (Lipinski definition) is 5. The highest BCUT2D eigenvalue weighted by Gasteiger charge is 2.37. The quantitative estimate of drug-likeness (QED) is 0.158. The molecule has 2 aromatic heterocycles. The smallest absolute Gasteiger partial charge is 0.272 e. The Morgan fingerprint density at radius 3 is 2.48 bits per heavy atom. The summed E-state index contributed by atoms with van der Waals surface area (Å²) in [4.78, 5) is 49.0. The topological polar surface area (TPSA) is 180 Å². The Kier molecular flexibility index (Phi) is 8.95. The number of benzene rings is 1. The van der Waals surface area contributed by atoms with Crippen molar-refractivity contribution in [1.29, 1.82) is 0 Å². The van der Waals surface area contributed by atoms with Crippen molar-refractivity contribution < 1.29 is 14.4 Å². The summed E-state index contributed by atoms with van der Waals surface area (Å²) in [6.07, 6.45) is 7.20. The number of allylic oxidation sites excluding steroid dienone is 1. The van der Waals surface area contributed by atoms with Gasteiger partial charge in [-0.25, -0.2) is 4.98 Å². The second-order valence-electron chi connectivity index (χ2n) is 13.6. The lowest BCUT2D eigenvalue weighted by molar-refractivity contribution is -0.121. The van der Waals surface area contributed by atoms with Crippen molar-refractivity contribution in [2.45, 2.75) is 51.2 Å². The number of para-hydroxylation sites is 1. The highest BCUT2D eigenvalue weighted by Crippen LogP contribution is 2.48. The lowest BCUT2D eigenvalue weighted by Crippen LogP contribution is -2.48. The van der Waals surface area contributed by atoms with Crippen LogP contribution in [0, 0.1) is 5.92 Å². The van der Waals surface area contributed by atoms with Crippen LogP contribution in [0.3, 0.4) is 0 Å². The molecule has 0 spiro atoms. The Labute approximate surface area is 291 Å². The number of rotatable bonds is 10. The first-order chi connectivity index (χ1) is 24.1. The highest BCUT2D eigenvalue weighted by atomic mass is 16.2. The van der Waals surface area contributed by atoms with E-state index < -0.39 is 5.91 Å². The first kappa shape index (κ1) is 33.1. The third-order valence-corrected chi connectivity index (χ3v) is 10.1. The van der Waals surface area contributed by atoms with Gasteiger partial charge in [-0.05, 0) is 50.8 Å². The van der Waals surface area contributed by atoms with Crippen LogP contribution in [-0.4, -0.2) is 82.6 Å². The Balaban J connectivity index is 1.09. The van der Waals surface area contributed by atoms with Crippen LogP contribution in [0.2, 0.25) is 0 Å². The Morgan fingerprint density at radius 2 is 1.76 bits per heavy atom. The van der Waals surface area contributed by atoms with Gasteiger partial charge in [-0.15, -0.1) is 0 Å². The molecule has 3 aromatic rings. The van der Waals surface area contributed by atoms with Gasteiger partial charge in [0.05, 0.1) is 46.7 Å². The molecule has 1 aromatic carbocycles. The lowest BCUT2D eigenvalue weighted by Gasteiger charge is -2.42. The third kappa shape index (κ3) is 6.38. The zero-order valence-electron chi connectivity index (χ0n) is 28.8. The summed E-state index contributed by atoms with van der Waals surface area (Å²) in [6.45, 7) is 6.08. The second-order valence-corrected chi connectivity index (χ2v) is 13.6. The van der Waals surface area contributed by atoms with Crippen LogP contribution in [0.4, 0.5) is 11.4 Å². The van der Waals surface area contributed by atoms with E-state index in [-0.39, 0.29) is 47.0 Å². The van der Waals surface area contributed by atoms with Gasteiger partial charge in [0.15, 0.2) is 0 Å². The summed E-state index contributed by atoms with van der Waals surface area (Å²) in [5, 5.41) is 13.5. The predicted octanol–water partition coefficient (Wildman–Crippen LogP) is 2.40. The molecule has 2 saturated heterocycles. The van der Waals surface area contributed by atoms with E-state index in [4.69, 9.17) is 21.5 Å². The number of fused-ring (bicyclic) bond motifs is 3. The summed E-state index contributed by atoms with van der Waals surface area (Å²) in [6, 6.07) is 11.8. The molecule has 14 nitrogen and oxygen atoms in total. The molecule has 14 heteroatoms. The molecule has 0 bridgehead atoms. The minimum atomic E-state index is -0.478. The van der Waals surface area contributed by atoms with E-state index in [0.29, 0.717) is 12.2 Å². The van der Waals surface area contributed by atoms with E-state index in [1.807, 2.05) is 48.5 Å². The van der Waals surface area contributed by atoms with Gasteiger partial charge in [0.2, 0.25) is 5.91 Å². The van der Waals surface area contributed by atoms with Gasteiger partial charge in [-0.1, -0.05) is 18.2 Å². The van der Waals surface area contributed by atoms with Crippen LogP contribution in [0.5, 0.6) is 0 Å². The number of likely N-dealkylation sites (N-methyl/N-ethyl adjacent to an activating group) is 1. The van der Waals surface area contributed by atoms with E-state index in [1.54, 1.807) is 0 Å².